The number of allylic oxidation sites excluding steroid dienone is 4. The van der Waals surface area contributed by atoms with Gasteiger partial charge >= 0.3 is 21.7 Å². The van der Waals surface area contributed by atoms with E-state index < -0.39 is 0 Å². The SMILES string of the molecule is CC1=[C-]C(C)(CCN(C)C)C(C)=C1C.[Cl-].[Cl-].[Ti+3]. The molecule has 1 radical (unpaired) electrons. The average molecular weight is 311 g/mol. The molecule has 1 rings (SSSR count). The molecule has 17 heavy (non-hydrogen) atoms. The van der Waals surface area contributed by atoms with E-state index >= 15 is 0 Å². The molecule has 1 aliphatic rings. The molecule has 0 spiro atoms. The van der Waals surface area contributed by atoms with Crippen LogP contribution in [0.15, 0.2) is 16.7 Å². The first-order valence-corrected chi connectivity index (χ1v) is 5.31. The van der Waals surface area contributed by atoms with E-state index in [4.69, 9.17) is 0 Å². The van der Waals surface area contributed by atoms with Gasteiger partial charge in [-0.25, -0.2) is 5.57 Å². The standard InChI is InChI=1S/C13H22N.2ClH.Ti/c1-10-9-13(4,7-8-14(5)6)12(3)11(10)2;;;/h7-8H2,1-6H3;2*1H;/q-1;;;+3/p-2. The van der Waals surface area contributed by atoms with Crippen molar-refractivity contribution in [1.82, 2.24) is 4.90 Å². The quantitative estimate of drug-likeness (QED) is 0.398. The van der Waals surface area contributed by atoms with Gasteiger partial charge in [-0.3, -0.25) is 6.08 Å². The molecule has 0 aromatic rings. The van der Waals surface area contributed by atoms with Crippen molar-refractivity contribution in [3.63, 3.8) is 0 Å². The molecule has 97 valence electrons. The van der Waals surface area contributed by atoms with E-state index in [0.717, 1.165) is 6.54 Å². The topological polar surface area (TPSA) is 3.24 Å². The third-order valence-electron chi connectivity index (χ3n) is 3.48. The van der Waals surface area contributed by atoms with Crippen LogP contribution < -0.4 is 24.8 Å². The van der Waals surface area contributed by atoms with Crippen molar-refractivity contribution in [2.24, 2.45) is 5.41 Å². The van der Waals surface area contributed by atoms with E-state index in [2.05, 4.69) is 52.8 Å². The zero-order chi connectivity index (χ0) is 10.9. The Kier molecular flexibility index (Phi) is 11.8. The summed E-state index contributed by atoms with van der Waals surface area (Å²) in [6.45, 7) is 10.0. The second-order valence-corrected chi connectivity index (χ2v) is 4.89. The van der Waals surface area contributed by atoms with Crippen LogP contribution in [0.1, 0.15) is 34.1 Å². The Bertz CT molecular complexity index is 298. The van der Waals surface area contributed by atoms with Crippen molar-refractivity contribution in [3.8, 4) is 0 Å². The van der Waals surface area contributed by atoms with Crippen molar-refractivity contribution in [2.45, 2.75) is 34.1 Å². The largest absolute Gasteiger partial charge is 3.00 e. The Morgan fingerprint density at radius 2 is 1.59 bits per heavy atom. The molecule has 1 nitrogen and oxygen atoms in total. The summed E-state index contributed by atoms with van der Waals surface area (Å²) in [6.07, 6.45) is 4.77. The summed E-state index contributed by atoms with van der Waals surface area (Å²) < 4.78 is 0. The summed E-state index contributed by atoms with van der Waals surface area (Å²) in [7, 11) is 4.25. The maximum Gasteiger partial charge on any atom is 3.00 e. The predicted octanol–water partition coefficient (Wildman–Crippen LogP) is -2.95. The maximum atomic E-state index is 3.60. The van der Waals surface area contributed by atoms with Crippen LogP contribution in [0.4, 0.5) is 0 Å². The molecule has 0 aliphatic heterocycles. The molecule has 0 aromatic carbocycles. The van der Waals surface area contributed by atoms with Crippen LogP contribution in [0.5, 0.6) is 0 Å². The Morgan fingerprint density at radius 1 is 1.12 bits per heavy atom. The molecule has 0 aromatic heterocycles. The van der Waals surface area contributed by atoms with Crippen molar-refractivity contribution in [1.29, 1.82) is 0 Å². The minimum atomic E-state index is 0. The van der Waals surface area contributed by atoms with Gasteiger partial charge in [0.2, 0.25) is 0 Å². The van der Waals surface area contributed by atoms with E-state index in [9.17, 15) is 0 Å². The van der Waals surface area contributed by atoms with Gasteiger partial charge in [0.05, 0.1) is 0 Å². The van der Waals surface area contributed by atoms with Crippen LogP contribution in [-0.4, -0.2) is 25.5 Å². The smallest absolute Gasteiger partial charge is 1.00 e. The van der Waals surface area contributed by atoms with Gasteiger partial charge in [-0.15, -0.1) is 6.92 Å². The van der Waals surface area contributed by atoms with Gasteiger partial charge in [0.15, 0.2) is 0 Å². The molecule has 0 heterocycles. The number of nitrogens with zero attached hydrogens (tertiary/aromatic N) is 1. The van der Waals surface area contributed by atoms with E-state index in [1.165, 1.54) is 23.1 Å². The number of hydrogen-bond acceptors (Lipinski definition) is 1. The molecule has 1 atom stereocenters. The fourth-order valence-electron chi connectivity index (χ4n) is 1.99. The van der Waals surface area contributed by atoms with Gasteiger partial charge < -0.3 is 29.7 Å². The summed E-state index contributed by atoms with van der Waals surface area (Å²) >= 11 is 0. The van der Waals surface area contributed by atoms with Crippen LogP contribution in [-0.2, 0) is 21.7 Å². The van der Waals surface area contributed by atoms with Gasteiger partial charge in [0, 0.05) is 0 Å². The van der Waals surface area contributed by atoms with Gasteiger partial charge in [-0.1, -0.05) is 26.2 Å². The zero-order valence-electron chi connectivity index (χ0n) is 11.6. The molecule has 0 saturated carbocycles. The Balaban J connectivity index is -0.000000653. The monoisotopic (exact) mass is 310 g/mol. The number of rotatable bonds is 3. The second kappa shape index (κ2) is 8.77. The number of halogens is 2. The molecule has 1 unspecified atom stereocenters. The Hall–Kier alpha value is 0.734. The first-order valence-electron chi connectivity index (χ1n) is 5.31. The van der Waals surface area contributed by atoms with Crippen LogP contribution in [0, 0.1) is 11.5 Å². The Morgan fingerprint density at radius 3 is 1.88 bits per heavy atom. The van der Waals surface area contributed by atoms with Crippen molar-refractivity contribution in [3.05, 3.63) is 22.8 Å². The minimum Gasteiger partial charge on any atom is -1.00 e. The molecule has 0 N–H and O–H groups in total. The first kappa shape index (κ1) is 22.9. The van der Waals surface area contributed by atoms with Crippen molar-refractivity contribution >= 4 is 0 Å². The van der Waals surface area contributed by atoms with Gasteiger partial charge in [0.1, 0.15) is 0 Å². The van der Waals surface area contributed by atoms with E-state index in [-0.39, 0.29) is 51.9 Å². The van der Waals surface area contributed by atoms with Crippen molar-refractivity contribution < 1.29 is 46.5 Å². The summed E-state index contributed by atoms with van der Waals surface area (Å²) in [5.74, 6) is 0. The van der Waals surface area contributed by atoms with Crippen molar-refractivity contribution in [2.75, 3.05) is 20.6 Å². The fraction of sp³-hybridized carbons (Fsp3) is 0.692. The molecule has 0 amide bonds. The average Bonchev–Trinajstić information content (AvgIpc) is 2.28. The molecular formula is C13H22Cl2NTi. The summed E-state index contributed by atoms with van der Waals surface area (Å²) in [5.41, 5.74) is 4.45. The van der Waals surface area contributed by atoms with Crippen LogP contribution >= 0.6 is 0 Å². The zero-order valence-corrected chi connectivity index (χ0v) is 14.7. The third-order valence-corrected chi connectivity index (χ3v) is 3.48. The summed E-state index contributed by atoms with van der Waals surface area (Å²) in [4.78, 5) is 2.24. The van der Waals surface area contributed by atoms with Gasteiger partial charge in [-0.05, 0) is 27.1 Å². The summed E-state index contributed by atoms with van der Waals surface area (Å²) in [6, 6.07) is 0. The molecule has 1 aliphatic carbocycles. The van der Waals surface area contributed by atoms with Gasteiger partial charge in [-0.2, -0.15) is 11.1 Å². The molecule has 0 saturated heterocycles. The van der Waals surface area contributed by atoms with E-state index in [0.29, 0.717) is 0 Å². The van der Waals surface area contributed by atoms with Crippen LogP contribution in [0.2, 0.25) is 0 Å². The molecular weight excluding hydrogens is 289 g/mol. The Labute approximate surface area is 134 Å². The fourth-order valence-corrected chi connectivity index (χ4v) is 1.99. The third kappa shape index (κ3) is 5.49. The minimum absolute atomic E-state index is 0. The normalized spacial score (nSPS) is 22.6. The van der Waals surface area contributed by atoms with Gasteiger partial charge in [0.25, 0.3) is 0 Å². The molecule has 4 heteroatoms. The predicted molar refractivity (Wildman–Crippen MR) is 62.1 cm³/mol. The summed E-state index contributed by atoms with van der Waals surface area (Å²) in [5, 5.41) is 0. The van der Waals surface area contributed by atoms with Crippen LogP contribution in [0.3, 0.4) is 0 Å². The molecule has 0 bridgehead atoms. The van der Waals surface area contributed by atoms with E-state index in [1.54, 1.807) is 0 Å². The van der Waals surface area contributed by atoms with E-state index in [1.807, 2.05) is 0 Å². The van der Waals surface area contributed by atoms with Crippen LogP contribution in [0.25, 0.3) is 0 Å². The first-order chi connectivity index (χ1) is 6.37. The number of hydrogen-bond donors (Lipinski definition) is 0. The second-order valence-electron chi connectivity index (χ2n) is 4.89. The molecule has 0 fully saturated rings. The maximum absolute atomic E-state index is 3.60.